The number of fused-ring (bicyclic) bond motifs is 1. The number of aromatic nitrogens is 7. The molecule has 3 aromatic heterocycles. The van der Waals surface area contributed by atoms with Crippen LogP contribution in [-0.4, -0.2) is 65.6 Å². The van der Waals surface area contributed by atoms with Crippen molar-refractivity contribution in [3.63, 3.8) is 0 Å². The quantitative estimate of drug-likeness (QED) is 0.461. The molecule has 9 nitrogen and oxygen atoms in total. The number of hydrogen-bond donors (Lipinski definition) is 0. The Morgan fingerprint density at radius 2 is 1.94 bits per heavy atom. The summed E-state index contributed by atoms with van der Waals surface area (Å²) in [6.07, 6.45) is 9.43. The third-order valence-corrected chi connectivity index (χ3v) is 5.85. The molecule has 4 heterocycles. The van der Waals surface area contributed by atoms with Crippen LogP contribution in [0.1, 0.15) is 35.2 Å². The molecule has 0 atom stereocenters. The van der Waals surface area contributed by atoms with E-state index in [0.29, 0.717) is 17.6 Å². The number of ketones is 1. The summed E-state index contributed by atoms with van der Waals surface area (Å²) >= 11 is 0. The lowest BCUT2D eigenvalue weighted by atomic mass is 10.1. The fourth-order valence-corrected chi connectivity index (χ4v) is 3.97. The van der Waals surface area contributed by atoms with Crippen LogP contribution in [-0.2, 0) is 13.5 Å². The highest BCUT2D eigenvalue weighted by atomic mass is 16.1. The third kappa shape index (κ3) is 4.09. The van der Waals surface area contributed by atoms with E-state index in [0.717, 1.165) is 48.0 Å². The van der Waals surface area contributed by atoms with Crippen LogP contribution in [0.3, 0.4) is 0 Å². The summed E-state index contributed by atoms with van der Waals surface area (Å²) in [6.45, 7) is 2.06. The van der Waals surface area contributed by atoms with Crippen LogP contribution in [0.25, 0.3) is 22.0 Å². The van der Waals surface area contributed by atoms with Gasteiger partial charge in [-0.05, 0) is 44.6 Å². The Balaban J connectivity index is 1.33. The Bertz CT molecular complexity index is 1240. The topological polar surface area (TPSA) is 94.6 Å². The summed E-state index contributed by atoms with van der Waals surface area (Å²) in [5.74, 6) is 0.358. The summed E-state index contributed by atoms with van der Waals surface area (Å²) in [5, 5.41) is 13.5. The summed E-state index contributed by atoms with van der Waals surface area (Å²) in [5.41, 5.74) is 3.21. The Morgan fingerprint density at radius 1 is 1.10 bits per heavy atom. The molecule has 1 aliphatic heterocycles. The van der Waals surface area contributed by atoms with Crippen LogP contribution in [0, 0.1) is 0 Å². The van der Waals surface area contributed by atoms with Crippen molar-refractivity contribution in [3.8, 4) is 11.1 Å². The lowest BCUT2D eigenvalue weighted by molar-refractivity contribution is 0.0986. The van der Waals surface area contributed by atoms with Gasteiger partial charge in [0.25, 0.3) is 0 Å². The van der Waals surface area contributed by atoms with Crippen molar-refractivity contribution >= 4 is 16.7 Å². The van der Waals surface area contributed by atoms with Crippen LogP contribution in [0.2, 0.25) is 0 Å². The highest BCUT2D eigenvalue weighted by Crippen LogP contribution is 2.23. The van der Waals surface area contributed by atoms with E-state index >= 15 is 0 Å². The molecule has 0 N–H and O–H groups in total. The smallest absolute Gasteiger partial charge is 0.192 e. The van der Waals surface area contributed by atoms with Gasteiger partial charge in [-0.3, -0.25) is 9.48 Å². The monoisotopic (exact) mass is 416 g/mol. The van der Waals surface area contributed by atoms with E-state index < -0.39 is 0 Å². The zero-order valence-corrected chi connectivity index (χ0v) is 17.6. The molecule has 4 aromatic rings. The van der Waals surface area contributed by atoms with Gasteiger partial charge in [0.15, 0.2) is 5.78 Å². The highest BCUT2D eigenvalue weighted by molar-refractivity contribution is 5.95. The van der Waals surface area contributed by atoms with E-state index in [4.69, 9.17) is 0 Å². The first-order chi connectivity index (χ1) is 15.0. The number of piperidine rings is 1. The molecule has 0 spiro atoms. The molecule has 0 amide bonds. The average molecular weight is 416 g/mol. The van der Waals surface area contributed by atoms with Gasteiger partial charge in [-0.25, -0.2) is 14.6 Å². The predicted octanol–water partition coefficient (Wildman–Crippen LogP) is 2.31. The molecule has 0 radical (unpaired) electrons. The standard InChI is InChI=1S/C22H24N8O/c1-28-7-5-18(6-8-28)30-14-20(26-27-30)21(31)10-22-23-11-16-4-3-15(9-19(16)25-22)17-12-24-29(2)13-17/h3-4,9,11-14,18H,5-8,10H2,1-2H3. The summed E-state index contributed by atoms with van der Waals surface area (Å²) in [7, 11) is 4.01. The minimum absolute atomic E-state index is 0.0964. The summed E-state index contributed by atoms with van der Waals surface area (Å²) in [6, 6.07) is 6.30. The van der Waals surface area contributed by atoms with Gasteiger partial charge < -0.3 is 4.90 Å². The molecule has 1 aliphatic rings. The second-order valence-corrected chi connectivity index (χ2v) is 8.18. The molecule has 158 valence electrons. The number of hydrogen-bond acceptors (Lipinski definition) is 7. The van der Waals surface area contributed by atoms with Crippen molar-refractivity contribution in [2.45, 2.75) is 25.3 Å². The molecule has 0 aliphatic carbocycles. The van der Waals surface area contributed by atoms with Gasteiger partial charge in [-0.15, -0.1) is 5.10 Å². The maximum absolute atomic E-state index is 12.8. The minimum Gasteiger partial charge on any atom is -0.306 e. The van der Waals surface area contributed by atoms with Crippen LogP contribution >= 0.6 is 0 Å². The molecular formula is C22H24N8O. The second-order valence-electron chi connectivity index (χ2n) is 8.18. The zero-order chi connectivity index (χ0) is 21.4. The minimum atomic E-state index is -0.123. The molecule has 1 fully saturated rings. The normalized spacial score (nSPS) is 15.5. The average Bonchev–Trinajstić information content (AvgIpc) is 3.43. The predicted molar refractivity (Wildman–Crippen MR) is 116 cm³/mol. The molecule has 9 heteroatoms. The van der Waals surface area contributed by atoms with Crippen molar-refractivity contribution in [2.75, 3.05) is 20.1 Å². The fraction of sp³-hybridized carbons (Fsp3) is 0.364. The lowest BCUT2D eigenvalue weighted by Crippen LogP contribution is -2.31. The molecule has 5 rings (SSSR count). The molecule has 0 saturated carbocycles. The Morgan fingerprint density at radius 3 is 2.71 bits per heavy atom. The highest BCUT2D eigenvalue weighted by Gasteiger charge is 2.21. The third-order valence-electron chi connectivity index (χ3n) is 5.85. The molecule has 1 saturated heterocycles. The van der Waals surface area contributed by atoms with Gasteiger partial charge >= 0.3 is 0 Å². The van der Waals surface area contributed by atoms with Gasteiger partial charge in [0.1, 0.15) is 11.5 Å². The van der Waals surface area contributed by atoms with Crippen molar-refractivity contribution in [3.05, 3.63) is 54.5 Å². The van der Waals surface area contributed by atoms with Crippen molar-refractivity contribution in [1.29, 1.82) is 0 Å². The first kappa shape index (κ1) is 19.5. The van der Waals surface area contributed by atoms with Crippen molar-refractivity contribution in [2.24, 2.45) is 7.05 Å². The number of carbonyl (C=O) groups is 1. The first-order valence-corrected chi connectivity index (χ1v) is 10.4. The number of benzene rings is 1. The Hall–Kier alpha value is -3.46. The molecule has 31 heavy (non-hydrogen) atoms. The van der Waals surface area contributed by atoms with E-state index in [2.05, 4.69) is 37.3 Å². The number of rotatable bonds is 5. The van der Waals surface area contributed by atoms with Crippen molar-refractivity contribution in [1.82, 2.24) is 39.6 Å². The van der Waals surface area contributed by atoms with E-state index in [1.807, 2.05) is 42.3 Å². The van der Waals surface area contributed by atoms with Crippen LogP contribution < -0.4 is 0 Å². The SMILES string of the molecule is CN1CCC(n2cc(C(=O)Cc3ncc4ccc(-c5cnn(C)c5)cc4n3)nn2)CC1. The first-order valence-electron chi connectivity index (χ1n) is 10.4. The van der Waals surface area contributed by atoms with Crippen LogP contribution in [0.15, 0.2) is 43.0 Å². The number of carbonyl (C=O) groups excluding carboxylic acids is 1. The zero-order valence-electron chi connectivity index (χ0n) is 17.6. The summed E-state index contributed by atoms with van der Waals surface area (Å²) < 4.78 is 3.60. The second kappa shape index (κ2) is 7.99. The molecular weight excluding hydrogens is 392 g/mol. The van der Waals surface area contributed by atoms with Gasteiger partial charge in [-0.1, -0.05) is 17.3 Å². The lowest BCUT2D eigenvalue weighted by Gasteiger charge is -2.28. The number of Topliss-reactive ketones (excluding diaryl/α,β-unsaturated/α-hetero) is 1. The van der Waals surface area contributed by atoms with Gasteiger partial charge in [0, 0.05) is 30.4 Å². The van der Waals surface area contributed by atoms with E-state index in [1.54, 1.807) is 17.1 Å². The molecule has 0 unspecified atom stereocenters. The van der Waals surface area contributed by atoms with Gasteiger partial charge in [0.2, 0.25) is 0 Å². The van der Waals surface area contributed by atoms with Gasteiger partial charge in [-0.2, -0.15) is 5.10 Å². The number of nitrogens with zero attached hydrogens (tertiary/aromatic N) is 8. The summed E-state index contributed by atoms with van der Waals surface area (Å²) in [4.78, 5) is 24.1. The van der Waals surface area contributed by atoms with Crippen molar-refractivity contribution < 1.29 is 4.79 Å². The Kier molecular flexibility index (Phi) is 5.03. The number of aryl methyl sites for hydroxylation is 1. The molecule has 1 aromatic carbocycles. The van der Waals surface area contributed by atoms with E-state index in [1.165, 1.54) is 0 Å². The van der Waals surface area contributed by atoms with Gasteiger partial charge in [0.05, 0.1) is 30.4 Å². The van der Waals surface area contributed by atoms with Crippen LogP contribution in [0.5, 0.6) is 0 Å². The fourth-order valence-electron chi connectivity index (χ4n) is 3.97. The van der Waals surface area contributed by atoms with E-state index in [-0.39, 0.29) is 12.2 Å². The molecule has 0 bridgehead atoms. The largest absolute Gasteiger partial charge is 0.306 e. The maximum atomic E-state index is 12.8. The van der Waals surface area contributed by atoms with Crippen LogP contribution in [0.4, 0.5) is 0 Å². The Labute approximate surface area is 179 Å². The maximum Gasteiger partial charge on any atom is 0.192 e. The van der Waals surface area contributed by atoms with E-state index in [9.17, 15) is 4.79 Å². The number of likely N-dealkylation sites (tertiary alicyclic amines) is 1.